The zero-order valence-electron chi connectivity index (χ0n) is 30.7. The molecule has 2 heterocycles. The number of hydrogen-bond donors (Lipinski definition) is 0. The second-order valence-electron chi connectivity index (χ2n) is 14.5. The minimum Gasteiger partial charge on any atom is -0.309 e. The molecule has 0 aliphatic rings. The van der Waals surface area contributed by atoms with Crippen LogP contribution in [0.25, 0.3) is 99.5 Å². The van der Waals surface area contributed by atoms with Gasteiger partial charge in [0.1, 0.15) is 0 Å². The second kappa shape index (κ2) is 13.2. The van der Waals surface area contributed by atoms with Crippen LogP contribution in [0.15, 0.2) is 218 Å². The summed E-state index contributed by atoms with van der Waals surface area (Å²) in [7, 11) is 0. The summed E-state index contributed by atoms with van der Waals surface area (Å²) in [6, 6.07) is 79.4. The van der Waals surface area contributed by atoms with Gasteiger partial charge in [-0.25, -0.2) is 0 Å². The molecule has 11 rings (SSSR count). The topological polar surface area (TPSA) is 9.86 Å². The standard InChI is InChI=1S/C54H36N2/c1-4-16-37(17-5-1)40-28-31-53-47(34-40)48-36-42(30-33-54(48)56(53)50-26-14-11-23-44(50)39-20-8-3-9-21-39)41-29-32-52-46(35-41)45-24-12-15-27-51(45)55(52)49-25-13-10-22-43(49)38-18-6-2-7-19-38/h1-36H. The number of aromatic nitrogens is 2. The molecule has 0 aliphatic heterocycles. The van der Waals surface area contributed by atoms with Gasteiger partial charge in [0, 0.05) is 32.7 Å². The van der Waals surface area contributed by atoms with Crippen molar-refractivity contribution in [1.29, 1.82) is 0 Å². The zero-order valence-corrected chi connectivity index (χ0v) is 30.7. The first-order valence-corrected chi connectivity index (χ1v) is 19.3. The summed E-state index contributed by atoms with van der Waals surface area (Å²) in [4.78, 5) is 0. The van der Waals surface area contributed by atoms with Crippen molar-refractivity contribution in [3.8, 4) is 55.9 Å². The highest BCUT2D eigenvalue weighted by Gasteiger charge is 2.19. The Morgan fingerprint density at radius 2 is 0.554 bits per heavy atom. The molecule has 0 fully saturated rings. The summed E-state index contributed by atoms with van der Waals surface area (Å²) >= 11 is 0. The lowest BCUT2D eigenvalue weighted by Crippen LogP contribution is -1.97. The third-order valence-corrected chi connectivity index (χ3v) is 11.3. The van der Waals surface area contributed by atoms with Gasteiger partial charge in [0.05, 0.1) is 33.4 Å². The van der Waals surface area contributed by atoms with Crippen LogP contribution in [0.2, 0.25) is 0 Å². The van der Waals surface area contributed by atoms with Crippen molar-refractivity contribution in [2.24, 2.45) is 0 Å². The first-order chi connectivity index (χ1) is 27.8. The van der Waals surface area contributed by atoms with Crippen molar-refractivity contribution < 1.29 is 0 Å². The Bertz CT molecular complexity index is 3220. The molecule has 11 aromatic rings. The van der Waals surface area contributed by atoms with Crippen molar-refractivity contribution in [2.75, 3.05) is 0 Å². The predicted octanol–water partition coefficient (Wildman–Crippen LogP) is 14.5. The molecule has 2 heteroatoms. The molecule has 0 radical (unpaired) electrons. The molecule has 0 bridgehead atoms. The Hall–Kier alpha value is -7.42. The van der Waals surface area contributed by atoms with E-state index in [0.29, 0.717) is 0 Å². The summed E-state index contributed by atoms with van der Waals surface area (Å²) in [5.41, 5.74) is 16.8. The average molecular weight is 713 g/mol. The largest absolute Gasteiger partial charge is 0.309 e. The van der Waals surface area contributed by atoms with Gasteiger partial charge in [0.15, 0.2) is 0 Å². The maximum absolute atomic E-state index is 2.45. The van der Waals surface area contributed by atoms with Crippen LogP contribution in [0.1, 0.15) is 0 Å². The molecule has 0 amide bonds. The summed E-state index contributed by atoms with van der Waals surface area (Å²) in [6.45, 7) is 0. The van der Waals surface area contributed by atoms with Gasteiger partial charge in [0.25, 0.3) is 0 Å². The molecule has 0 unspecified atom stereocenters. The highest BCUT2D eigenvalue weighted by Crippen LogP contribution is 2.42. The molecule has 262 valence electrons. The molecule has 0 spiro atoms. The SMILES string of the molecule is c1ccc(-c2ccc3c(c2)c2cc(-c4ccc5c(c4)c4ccccc4n5-c4ccccc4-c4ccccc4)ccc2n3-c2ccccc2-c2ccccc2)cc1. The van der Waals surface area contributed by atoms with Gasteiger partial charge in [-0.1, -0.05) is 164 Å². The van der Waals surface area contributed by atoms with Crippen LogP contribution >= 0.6 is 0 Å². The lowest BCUT2D eigenvalue weighted by atomic mass is 9.99. The van der Waals surface area contributed by atoms with E-state index in [1.54, 1.807) is 0 Å². The van der Waals surface area contributed by atoms with Gasteiger partial charge >= 0.3 is 0 Å². The number of fused-ring (bicyclic) bond motifs is 6. The van der Waals surface area contributed by atoms with E-state index >= 15 is 0 Å². The summed E-state index contributed by atoms with van der Waals surface area (Å²) in [5, 5.41) is 4.96. The Morgan fingerprint density at radius 1 is 0.214 bits per heavy atom. The second-order valence-corrected chi connectivity index (χ2v) is 14.5. The third-order valence-electron chi connectivity index (χ3n) is 11.3. The first-order valence-electron chi connectivity index (χ1n) is 19.3. The van der Waals surface area contributed by atoms with Gasteiger partial charge in [-0.2, -0.15) is 0 Å². The summed E-state index contributed by atoms with van der Waals surface area (Å²) < 4.78 is 4.88. The third kappa shape index (κ3) is 5.19. The minimum absolute atomic E-state index is 1.17. The molecule has 0 atom stereocenters. The first kappa shape index (κ1) is 32.0. The van der Waals surface area contributed by atoms with Gasteiger partial charge in [-0.05, 0) is 88.0 Å². The normalized spacial score (nSPS) is 11.6. The van der Waals surface area contributed by atoms with Crippen LogP contribution in [0.3, 0.4) is 0 Å². The van der Waals surface area contributed by atoms with E-state index in [9.17, 15) is 0 Å². The lowest BCUT2D eigenvalue weighted by Gasteiger charge is -2.14. The number of rotatable bonds is 6. The fourth-order valence-corrected chi connectivity index (χ4v) is 8.75. The molecular weight excluding hydrogens is 677 g/mol. The van der Waals surface area contributed by atoms with Crippen LogP contribution in [0, 0.1) is 0 Å². The molecule has 0 N–H and O–H groups in total. The molecule has 0 saturated heterocycles. The molecular formula is C54H36N2. The van der Waals surface area contributed by atoms with Crippen molar-refractivity contribution in [2.45, 2.75) is 0 Å². The van der Waals surface area contributed by atoms with Crippen LogP contribution in [0.4, 0.5) is 0 Å². The van der Waals surface area contributed by atoms with Crippen LogP contribution in [-0.2, 0) is 0 Å². The smallest absolute Gasteiger partial charge is 0.0541 e. The number of hydrogen-bond acceptors (Lipinski definition) is 0. The molecule has 2 nitrogen and oxygen atoms in total. The van der Waals surface area contributed by atoms with Gasteiger partial charge < -0.3 is 9.13 Å². The maximum Gasteiger partial charge on any atom is 0.0541 e. The van der Waals surface area contributed by atoms with E-state index in [1.807, 2.05) is 0 Å². The molecule has 2 aromatic heterocycles. The highest BCUT2D eigenvalue weighted by molar-refractivity contribution is 6.14. The quantitative estimate of drug-likeness (QED) is 0.162. The highest BCUT2D eigenvalue weighted by atomic mass is 15.0. The predicted molar refractivity (Wildman–Crippen MR) is 237 cm³/mol. The van der Waals surface area contributed by atoms with E-state index in [2.05, 4.69) is 228 Å². The number of benzene rings is 9. The van der Waals surface area contributed by atoms with Gasteiger partial charge in [0.2, 0.25) is 0 Å². The van der Waals surface area contributed by atoms with Crippen LogP contribution < -0.4 is 0 Å². The van der Waals surface area contributed by atoms with E-state index in [0.717, 1.165) is 0 Å². The van der Waals surface area contributed by atoms with Crippen molar-refractivity contribution in [3.63, 3.8) is 0 Å². The summed E-state index contributed by atoms with van der Waals surface area (Å²) in [6.07, 6.45) is 0. The van der Waals surface area contributed by atoms with E-state index in [-0.39, 0.29) is 0 Å². The Balaban J connectivity index is 1.13. The maximum atomic E-state index is 2.45. The van der Waals surface area contributed by atoms with E-state index in [4.69, 9.17) is 0 Å². The summed E-state index contributed by atoms with van der Waals surface area (Å²) in [5.74, 6) is 0. The van der Waals surface area contributed by atoms with Crippen molar-refractivity contribution in [3.05, 3.63) is 218 Å². The van der Waals surface area contributed by atoms with Crippen molar-refractivity contribution >= 4 is 43.6 Å². The zero-order chi connectivity index (χ0) is 37.0. The minimum atomic E-state index is 1.17. The van der Waals surface area contributed by atoms with Crippen molar-refractivity contribution in [1.82, 2.24) is 9.13 Å². The monoisotopic (exact) mass is 712 g/mol. The van der Waals surface area contributed by atoms with Gasteiger partial charge in [-0.15, -0.1) is 0 Å². The Labute approximate surface area is 325 Å². The number of nitrogens with zero attached hydrogens (tertiary/aromatic N) is 2. The Morgan fingerprint density at radius 3 is 1.04 bits per heavy atom. The fraction of sp³-hybridized carbons (Fsp3) is 0. The molecule has 0 saturated carbocycles. The molecule has 9 aromatic carbocycles. The van der Waals surface area contributed by atoms with E-state index < -0.39 is 0 Å². The van der Waals surface area contributed by atoms with E-state index in [1.165, 1.54) is 99.5 Å². The number of para-hydroxylation sites is 3. The van der Waals surface area contributed by atoms with Gasteiger partial charge in [-0.3, -0.25) is 0 Å². The molecule has 0 aliphatic carbocycles. The fourth-order valence-electron chi connectivity index (χ4n) is 8.75. The van der Waals surface area contributed by atoms with Crippen LogP contribution in [-0.4, -0.2) is 9.13 Å². The Kier molecular flexibility index (Phi) is 7.53. The molecule has 56 heavy (non-hydrogen) atoms. The average Bonchev–Trinajstić information content (AvgIpc) is 3.79. The lowest BCUT2D eigenvalue weighted by molar-refractivity contribution is 1.18. The van der Waals surface area contributed by atoms with Crippen LogP contribution in [0.5, 0.6) is 0 Å².